The molecule has 0 amide bonds. The quantitative estimate of drug-likeness (QED) is 0.641. The molecule has 1 unspecified atom stereocenters. The molecule has 0 aliphatic heterocycles. The minimum atomic E-state index is -1.23. The Balaban J connectivity index is 2.24. The Morgan fingerprint density at radius 1 is 1.10 bits per heavy atom. The summed E-state index contributed by atoms with van der Waals surface area (Å²) in [6.45, 7) is 0. The van der Waals surface area contributed by atoms with Crippen molar-refractivity contribution in [3.8, 4) is 11.5 Å². The monoisotopic (exact) mass is 290 g/mol. The Labute approximate surface area is 119 Å². The third-order valence-corrected chi connectivity index (χ3v) is 3.60. The molecule has 0 radical (unpaired) electrons. The molecule has 0 saturated heterocycles. The van der Waals surface area contributed by atoms with Crippen LogP contribution < -0.4 is 9.47 Å². The summed E-state index contributed by atoms with van der Waals surface area (Å²) in [7, 11) is 0.275. The summed E-state index contributed by atoms with van der Waals surface area (Å²) in [5.41, 5.74) is 0.461. The molecule has 2 aromatic carbocycles. The lowest BCUT2D eigenvalue weighted by Gasteiger charge is -2.09. The van der Waals surface area contributed by atoms with Crippen LogP contribution in [0.1, 0.15) is 10.4 Å². The second-order valence-corrected chi connectivity index (χ2v) is 5.37. The van der Waals surface area contributed by atoms with Gasteiger partial charge in [-0.3, -0.25) is 4.21 Å². The van der Waals surface area contributed by atoms with Gasteiger partial charge >= 0.3 is 5.97 Å². The Kier molecular flexibility index (Phi) is 4.53. The van der Waals surface area contributed by atoms with E-state index in [1.165, 1.54) is 7.11 Å². The van der Waals surface area contributed by atoms with Gasteiger partial charge in [0.15, 0.2) is 0 Å². The molecule has 5 heteroatoms. The van der Waals surface area contributed by atoms with Gasteiger partial charge in [0.1, 0.15) is 11.5 Å². The number of hydrogen-bond acceptors (Lipinski definition) is 4. The zero-order chi connectivity index (χ0) is 14.5. The topological polar surface area (TPSA) is 52.6 Å². The van der Waals surface area contributed by atoms with Gasteiger partial charge < -0.3 is 9.47 Å². The van der Waals surface area contributed by atoms with E-state index >= 15 is 0 Å². The van der Waals surface area contributed by atoms with Crippen LogP contribution in [-0.2, 0) is 10.8 Å². The molecular formula is C15H14O4S. The van der Waals surface area contributed by atoms with Crippen LogP contribution in [0.5, 0.6) is 11.5 Å². The summed E-state index contributed by atoms with van der Waals surface area (Å²) in [5.74, 6) is 0.388. The molecule has 104 valence electrons. The molecular weight excluding hydrogens is 276 g/mol. The first-order valence-electron chi connectivity index (χ1n) is 5.90. The molecule has 20 heavy (non-hydrogen) atoms. The van der Waals surface area contributed by atoms with Crippen molar-refractivity contribution in [2.45, 2.75) is 4.90 Å². The normalized spacial score (nSPS) is 11.7. The number of carbonyl (C=O) groups is 1. The molecule has 0 aromatic heterocycles. The SMILES string of the molecule is COc1ccc(OC(=O)c2ccccc2)cc1S(C)=O. The zero-order valence-electron chi connectivity index (χ0n) is 11.2. The number of benzene rings is 2. The fourth-order valence-electron chi connectivity index (χ4n) is 1.69. The highest BCUT2D eigenvalue weighted by atomic mass is 32.2. The third kappa shape index (κ3) is 3.24. The predicted molar refractivity (Wildman–Crippen MR) is 76.7 cm³/mol. The molecule has 0 spiro atoms. The van der Waals surface area contributed by atoms with E-state index in [1.54, 1.807) is 48.7 Å². The summed E-state index contributed by atoms with van der Waals surface area (Å²) in [4.78, 5) is 12.4. The second kappa shape index (κ2) is 6.34. The summed E-state index contributed by atoms with van der Waals surface area (Å²) in [6.07, 6.45) is 1.54. The summed E-state index contributed by atoms with van der Waals surface area (Å²) >= 11 is 0. The average Bonchev–Trinajstić information content (AvgIpc) is 2.48. The highest BCUT2D eigenvalue weighted by Crippen LogP contribution is 2.27. The van der Waals surface area contributed by atoms with Crippen LogP contribution in [0.25, 0.3) is 0 Å². The van der Waals surface area contributed by atoms with Gasteiger partial charge in [-0.1, -0.05) is 18.2 Å². The van der Waals surface area contributed by atoms with Crippen LogP contribution in [0, 0.1) is 0 Å². The van der Waals surface area contributed by atoms with E-state index in [1.807, 2.05) is 6.07 Å². The average molecular weight is 290 g/mol. The van der Waals surface area contributed by atoms with Crippen molar-refractivity contribution in [3.05, 3.63) is 54.1 Å². The van der Waals surface area contributed by atoms with E-state index in [4.69, 9.17) is 9.47 Å². The summed E-state index contributed by atoms with van der Waals surface area (Å²) in [5, 5.41) is 0. The molecule has 2 rings (SSSR count). The maximum Gasteiger partial charge on any atom is 0.343 e. The highest BCUT2D eigenvalue weighted by molar-refractivity contribution is 7.84. The van der Waals surface area contributed by atoms with E-state index in [0.717, 1.165) is 0 Å². The van der Waals surface area contributed by atoms with Gasteiger partial charge in [-0.2, -0.15) is 0 Å². The highest BCUT2D eigenvalue weighted by Gasteiger charge is 2.12. The Hall–Kier alpha value is -2.14. The first-order valence-corrected chi connectivity index (χ1v) is 7.46. The van der Waals surface area contributed by atoms with Gasteiger partial charge in [-0.25, -0.2) is 4.79 Å². The van der Waals surface area contributed by atoms with Crippen molar-refractivity contribution < 1.29 is 18.5 Å². The first-order chi connectivity index (χ1) is 9.61. The molecule has 0 aliphatic carbocycles. The maximum atomic E-state index is 11.9. The zero-order valence-corrected chi connectivity index (χ0v) is 12.0. The van der Waals surface area contributed by atoms with Crippen LogP contribution in [0.4, 0.5) is 0 Å². The Morgan fingerprint density at radius 3 is 2.40 bits per heavy atom. The third-order valence-electron chi connectivity index (χ3n) is 2.66. The molecule has 0 N–H and O–H groups in total. The number of esters is 1. The van der Waals surface area contributed by atoms with E-state index in [0.29, 0.717) is 22.0 Å². The Bertz CT molecular complexity index is 638. The van der Waals surface area contributed by atoms with Crippen LogP contribution in [0.2, 0.25) is 0 Å². The number of rotatable bonds is 4. The van der Waals surface area contributed by atoms with E-state index < -0.39 is 16.8 Å². The van der Waals surface area contributed by atoms with Crippen molar-refractivity contribution in [2.24, 2.45) is 0 Å². The van der Waals surface area contributed by atoms with Crippen LogP contribution in [0.3, 0.4) is 0 Å². The molecule has 0 saturated carbocycles. The van der Waals surface area contributed by atoms with E-state index in [-0.39, 0.29) is 0 Å². The first kappa shape index (κ1) is 14.3. The lowest BCUT2D eigenvalue weighted by atomic mass is 10.2. The number of ether oxygens (including phenoxy) is 2. The lowest BCUT2D eigenvalue weighted by Crippen LogP contribution is -2.08. The van der Waals surface area contributed by atoms with Crippen molar-refractivity contribution >= 4 is 16.8 Å². The molecule has 0 bridgehead atoms. The summed E-state index contributed by atoms with van der Waals surface area (Å²) < 4.78 is 22.0. The van der Waals surface area contributed by atoms with Gasteiger partial charge in [0.05, 0.1) is 28.4 Å². The lowest BCUT2D eigenvalue weighted by molar-refractivity contribution is 0.0734. The van der Waals surface area contributed by atoms with E-state index in [9.17, 15) is 9.00 Å². The number of carbonyl (C=O) groups excluding carboxylic acids is 1. The number of methoxy groups -OCH3 is 1. The van der Waals surface area contributed by atoms with Gasteiger partial charge in [0.2, 0.25) is 0 Å². The molecule has 2 aromatic rings. The number of hydrogen-bond donors (Lipinski definition) is 0. The Morgan fingerprint density at radius 2 is 1.80 bits per heavy atom. The minimum Gasteiger partial charge on any atom is -0.495 e. The van der Waals surface area contributed by atoms with Crippen molar-refractivity contribution in [1.29, 1.82) is 0 Å². The van der Waals surface area contributed by atoms with Crippen molar-refractivity contribution in [1.82, 2.24) is 0 Å². The van der Waals surface area contributed by atoms with Gasteiger partial charge in [0, 0.05) is 12.3 Å². The van der Waals surface area contributed by atoms with Crippen molar-refractivity contribution in [2.75, 3.05) is 13.4 Å². The molecule has 0 fully saturated rings. The maximum absolute atomic E-state index is 11.9. The molecule has 4 nitrogen and oxygen atoms in total. The molecule has 0 heterocycles. The van der Waals surface area contributed by atoms with Crippen LogP contribution in [0.15, 0.2) is 53.4 Å². The van der Waals surface area contributed by atoms with E-state index in [2.05, 4.69) is 0 Å². The largest absolute Gasteiger partial charge is 0.495 e. The fourth-order valence-corrected chi connectivity index (χ4v) is 2.40. The second-order valence-electron chi connectivity index (χ2n) is 4.02. The van der Waals surface area contributed by atoms with Gasteiger partial charge in [0.25, 0.3) is 0 Å². The molecule has 0 aliphatic rings. The summed E-state index contributed by atoms with van der Waals surface area (Å²) in [6, 6.07) is 13.5. The van der Waals surface area contributed by atoms with Gasteiger partial charge in [-0.05, 0) is 24.3 Å². The van der Waals surface area contributed by atoms with Crippen LogP contribution in [-0.4, -0.2) is 23.5 Å². The van der Waals surface area contributed by atoms with Crippen LogP contribution >= 0.6 is 0 Å². The smallest absolute Gasteiger partial charge is 0.343 e. The predicted octanol–water partition coefficient (Wildman–Crippen LogP) is 2.65. The minimum absolute atomic E-state index is 0.338. The standard InChI is InChI=1S/C15H14O4S/c1-18-13-9-8-12(10-14(13)20(2)17)19-15(16)11-6-4-3-5-7-11/h3-10H,1-2H3. The van der Waals surface area contributed by atoms with Gasteiger partial charge in [-0.15, -0.1) is 0 Å². The fraction of sp³-hybridized carbons (Fsp3) is 0.133. The van der Waals surface area contributed by atoms with Crippen molar-refractivity contribution in [3.63, 3.8) is 0 Å². The molecule has 1 atom stereocenters.